The minimum absolute atomic E-state index is 0.834. The van der Waals surface area contributed by atoms with Crippen LogP contribution in [0.5, 0.6) is 0 Å². The van der Waals surface area contributed by atoms with Crippen molar-refractivity contribution in [3.05, 3.63) is 0 Å². The van der Waals surface area contributed by atoms with E-state index in [4.69, 9.17) is 9.40 Å². The summed E-state index contributed by atoms with van der Waals surface area (Å²) in [6.07, 6.45) is 0. The van der Waals surface area contributed by atoms with Crippen molar-refractivity contribution in [2.24, 2.45) is 0 Å². The number of hydrogen-bond donors (Lipinski definition) is 1. The first-order chi connectivity index (χ1) is 6.13. The zero-order chi connectivity index (χ0) is 10.7. The Morgan fingerprint density at radius 2 is 1.23 bits per heavy atom. The van der Waals surface area contributed by atoms with Crippen molar-refractivity contribution in [2.75, 3.05) is 54.5 Å². The van der Waals surface area contributed by atoms with Gasteiger partial charge in [-0.1, -0.05) is 0 Å². The molecule has 0 spiro atoms. The lowest BCUT2D eigenvalue weighted by Gasteiger charge is -2.12. The molecule has 0 saturated heterocycles. The molecule has 13 heavy (non-hydrogen) atoms. The van der Waals surface area contributed by atoms with Gasteiger partial charge >= 0.3 is 0 Å². The minimum atomic E-state index is 0.834. The van der Waals surface area contributed by atoms with Gasteiger partial charge in [0.05, 0.1) is 25.1 Å². The third kappa shape index (κ3) is 18.8. The quantitative estimate of drug-likeness (QED) is 0.641. The lowest BCUT2D eigenvalue weighted by molar-refractivity contribution is 0.104. The van der Waals surface area contributed by atoms with Crippen molar-refractivity contribution in [1.29, 1.82) is 0 Å². The maximum atomic E-state index is 6.47. The molecule has 0 aliphatic rings. The van der Waals surface area contributed by atoms with Crippen LogP contribution in [0.15, 0.2) is 0 Å². The topological polar surface area (TPSA) is 35.9 Å². The van der Waals surface area contributed by atoms with Crippen molar-refractivity contribution < 1.29 is 9.40 Å². The monoisotopic (exact) mass is 212 g/mol. The van der Waals surface area contributed by atoms with E-state index >= 15 is 0 Å². The van der Waals surface area contributed by atoms with Gasteiger partial charge in [-0.15, -0.1) is 0 Å². The molecule has 0 heterocycles. The zero-order valence-corrected chi connectivity index (χ0v) is 9.71. The molecule has 0 bridgehead atoms. The van der Waals surface area contributed by atoms with E-state index < -0.39 is 0 Å². The summed E-state index contributed by atoms with van der Waals surface area (Å²) in [6, 6.07) is 0. The van der Waals surface area contributed by atoms with Crippen LogP contribution in [0, 0.1) is 0 Å². The first kappa shape index (κ1) is 15.6. The van der Waals surface area contributed by atoms with Crippen molar-refractivity contribution in [2.45, 2.75) is 0 Å². The standard InChI is InChI=1S/C8H20N2O.ClHO/c1-9(2)5-7-11-8-6-10(3)4;1-2/h5-8H2,1-4H3;2H. The van der Waals surface area contributed by atoms with Gasteiger partial charge in [0.25, 0.3) is 0 Å². The molecule has 0 fully saturated rings. The molecule has 1 N–H and O–H groups in total. The Morgan fingerprint density at radius 1 is 0.923 bits per heavy atom. The van der Waals surface area contributed by atoms with Gasteiger partial charge in [0, 0.05) is 13.1 Å². The van der Waals surface area contributed by atoms with E-state index in [2.05, 4.69) is 49.9 Å². The average molecular weight is 213 g/mol. The fourth-order valence-corrected chi connectivity index (χ4v) is 0.596. The second-order valence-corrected chi connectivity index (χ2v) is 3.22. The van der Waals surface area contributed by atoms with Crippen LogP contribution in [0.1, 0.15) is 0 Å². The van der Waals surface area contributed by atoms with Crippen LogP contribution in [0.25, 0.3) is 0 Å². The van der Waals surface area contributed by atoms with Crippen LogP contribution >= 0.6 is 11.9 Å². The molecule has 0 saturated carbocycles. The van der Waals surface area contributed by atoms with Gasteiger partial charge in [-0.3, -0.25) is 4.66 Å². The highest BCUT2D eigenvalue weighted by Crippen LogP contribution is 1.80. The highest BCUT2D eigenvalue weighted by atomic mass is 35.5. The predicted molar refractivity (Wildman–Crippen MR) is 56.0 cm³/mol. The summed E-state index contributed by atoms with van der Waals surface area (Å²) in [5.41, 5.74) is 0. The summed E-state index contributed by atoms with van der Waals surface area (Å²) in [4.78, 5) is 4.24. The molecule has 5 heteroatoms. The molecule has 0 atom stereocenters. The Kier molecular flexibility index (Phi) is 14.6. The fraction of sp³-hybridized carbons (Fsp3) is 1.00. The molecule has 0 unspecified atom stereocenters. The number of ether oxygens (including phenoxy) is 1. The van der Waals surface area contributed by atoms with Crippen LogP contribution in [-0.2, 0) is 4.74 Å². The van der Waals surface area contributed by atoms with E-state index in [1.54, 1.807) is 0 Å². The molecule has 82 valence electrons. The van der Waals surface area contributed by atoms with Crippen molar-refractivity contribution in [3.63, 3.8) is 0 Å². The summed E-state index contributed by atoms with van der Waals surface area (Å²) in [6.45, 7) is 3.68. The van der Waals surface area contributed by atoms with Gasteiger partial charge in [-0.05, 0) is 28.2 Å². The second-order valence-electron chi connectivity index (χ2n) is 3.22. The summed E-state index contributed by atoms with van der Waals surface area (Å²) < 4.78 is 11.8. The Balaban J connectivity index is 0. The van der Waals surface area contributed by atoms with Gasteiger partial charge in [0.2, 0.25) is 0 Å². The summed E-state index contributed by atoms with van der Waals surface area (Å²) in [5.74, 6) is 0. The first-order valence-electron chi connectivity index (χ1n) is 4.17. The van der Waals surface area contributed by atoms with E-state index in [9.17, 15) is 0 Å². The van der Waals surface area contributed by atoms with Crippen LogP contribution in [-0.4, -0.2) is 69.0 Å². The number of halogens is 1. The van der Waals surface area contributed by atoms with E-state index in [1.807, 2.05) is 0 Å². The van der Waals surface area contributed by atoms with Gasteiger partial charge in [-0.2, -0.15) is 0 Å². The normalized spacial score (nSPS) is 10.2. The third-order valence-electron chi connectivity index (χ3n) is 1.37. The van der Waals surface area contributed by atoms with Gasteiger partial charge < -0.3 is 14.5 Å². The summed E-state index contributed by atoms with van der Waals surface area (Å²) in [5, 5.41) is 0. The Hall–Kier alpha value is 0.130. The average Bonchev–Trinajstić information content (AvgIpc) is 2.06. The van der Waals surface area contributed by atoms with Gasteiger partial charge in [0.1, 0.15) is 0 Å². The van der Waals surface area contributed by atoms with Crippen molar-refractivity contribution in [1.82, 2.24) is 9.80 Å². The highest BCUT2D eigenvalue weighted by molar-refractivity contribution is 6.04. The minimum Gasteiger partial charge on any atom is -0.379 e. The Labute approximate surface area is 86.2 Å². The molecular formula is C8H21ClN2O2. The molecule has 0 aromatic rings. The van der Waals surface area contributed by atoms with Crippen LogP contribution in [0.3, 0.4) is 0 Å². The van der Waals surface area contributed by atoms with Crippen molar-refractivity contribution >= 4 is 11.9 Å². The number of rotatable bonds is 6. The maximum absolute atomic E-state index is 6.47. The SMILES string of the molecule is CN(C)CCOCCN(C)C.OCl. The van der Waals surface area contributed by atoms with Crippen LogP contribution < -0.4 is 0 Å². The van der Waals surface area contributed by atoms with E-state index in [0.717, 1.165) is 26.3 Å². The first-order valence-corrected chi connectivity index (χ1v) is 4.51. The van der Waals surface area contributed by atoms with E-state index in [1.165, 1.54) is 0 Å². The Morgan fingerprint density at radius 3 is 1.46 bits per heavy atom. The van der Waals surface area contributed by atoms with Crippen LogP contribution in [0.4, 0.5) is 0 Å². The molecule has 0 rings (SSSR count). The molecular weight excluding hydrogens is 192 g/mol. The number of hydrogen-bond acceptors (Lipinski definition) is 4. The summed E-state index contributed by atoms with van der Waals surface area (Å²) >= 11 is 3.64. The fourth-order valence-electron chi connectivity index (χ4n) is 0.596. The summed E-state index contributed by atoms with van der Waals surface area (Å²) in [7, 11) is 8.20. The maximum Gasteiger partial charge on any atom is 0.0593 e. The van der Waals surface area contributed by atoms with Gasteiger partial charge in [-0.25, -0.2) is 0 Å². The van der Waals surface area contributed by atoms with E-state index in [-0.39, 0.29) is 0 Å². The van der Waals surface area contributed by atoms with E-state index in [0.29, 0.717) is 0 Å². The highest BCUT2D eigenvalue weighted by Gasteiger charge is 1.91. The molecule has 0 amide bonds. The number of nitrogens with zero attached hydrogens (tertiary/aromatic N) is 2. The molecule has 0 aromatic heterocycles. The lowest BCUT2D eigenvalue weighted by atomic mass is 10.6. The number of likely N-dealkylation sites (N-methyl/N-ethyl adjacent to an activating group) is 2. The smallest absolute Gasteiger partial charge is 0.0593 e. The molecule has 0 radical (unpaired) electrons. The van der Waals surface area contributed by atoms with Crippen molar-refractivity contribution in [3.8, 4) is 0 Å². The molecule has 0 aliphatic carbocycles. The molecule has 0 aliphatic heterocycles. The van der Waals surface area contributed by atoms with Crippen LogP contribution in [0.2, 0.25) is 0 Å². The Bertz CT molecular complexity index is 82.2. The third-order valence-corrected chi connectivity index (χ3v) is 1.37. The molecule has 4 nitrogen and oxygen atoms in total. The largest absolute Gasteiger partial charge is 0.379 e. The predicted octanol–water partition coefficient (Wildman–Crippen LogP) is 0.259. The molecule has 0 aromatic carbocycles. The van der Waals surface area contributed by atoms with Gasteiger partial charge in [0.15, 0.2) is 0 Å². The zero-order valence-electron chi connectivity index (χ0n) is 8.96. The second kappa shape index (κ2) is 12.1. The lowest BCUT2D eigenvalue weighted by Crippen LogP contribution is -2.22.